The summed E-state index contributed by atoms with van der Waals surface area (Å²) in [4.78, 5) is 0. The molecule has 5 heteroatoms. The van der Waals surface area contributed by atoms with E-state index in [1.54, 1.807) is 12.1 Å². The van der Waals surface area contributed by atoms with Gasteiger partial charge in [-0.1, -0.05) is 12.1 Å². The third-order valence-electron chi connectivity index (χ3n) is 2.08. The lowest BCUT2D eigenvalue weighted by molar-refractivity contribution is 0.283. The lowest BCUT2D eigenvalue weighted by atomic mass is 10.1. The van der Waals surface area contributed by atoms with E-state index in [-0.39, 0.29) is 12.4 Å². The van der Waals surface area contributed by atoms with E-state index in [0.717, 1.165) is 5.56 Å². The molecule has 0 saturated carbocycles. The number of aromatic nitrogens is 2. The lowest BCUT2D eigenvalue weighted by Gasteiger charge is -1.96. The molecule has 0 saturated heterocycles. The Labute approximate surface area is 91.7 Å². The average molecular weight is 222 g/mol. The number of hydrogen-bond donors (Lipinski definition) is 1. The number of nitrogens with zero attached hydrogens (tertiary/aromatic N) is 2. The van der Waals surface area contributed by atoms with Crippen molar-refractivity contribution >= 4 is 0 Å². The summed E-state index contributed by atoms with van der Waals surface area (Å²) in [6.07, 6.45) is 0.742. The first-order chi connectivity index (χ1) is 7.78. The molecule has 0 fully saturated rings. The van der Waals surface area contributed by atoms with Crippen LogP contribution in [0.5, 0.6) is 0 Å². The van der Waals surface area contributed by atoms with Crippen molar-refractivity contribution in [1.82, 2.24) is 10.2 Å². The number of benzene rings is 1. The molecule has 1 heterocycles. The summed E-state index contributed by atoms with van der Waals surface area (Å²) >= 11 is 0. The number of rotatable bonds is 4. The lowest BCUT2D eigenvalue weighted by Crippen LogP contribution is -1.89. The normalized spacial score (nSPS) is 10.6. The molecule has 0 aliphatic carbocycles. The number of aliphatic hydroxyl groups is 1. The first-order valence-electron chi connectivity index (χ1n) is 4.94. The summed E-state index contributed by atoms with van der Waals surface area (Å²) in [5.41, 5.74) is 0.777. The molecule has 4 nitrogen and oxygen atoms in total. The van der Waals surface area contributed by atoms with Crippen molar-refractivity contribution in [2.24, 2.45) is 0 Å². The Kier molecular flexibility index (Phi) is 3.26. The summed E-state index contributed by atoms with van der Waals surface area (Å²) in [6.45, 7) is -0.0262. The molecule has 0 aliphatic heterocycles. The molecule has 84 valence electrons. The van der Waals surface area contributed by atoms with Gasteiger partial charge in [-0.25, -0.2) is 4.39 Å². The van der Waals surface area contributed by atoms with Gasteiger partial charge in [-0.3, -0.25) is 0 Å². The predicted octanol–water partition coefficient (Wildman–Crippen LogP) is 1.33. The maximum atomic E-state index is 12.9. The van der Waals surface area contributed by atoms with Gasteiger partial charge in [0.1, 0.15) is 5.82 Å². The van der Waals surface area contributed by atoms with Crippen LogP contribution in [-0.2, 0) is 12.8 Å². The fourth-order valence-corrected chi connectivity index (χ4v) is 1.38. The minimum Gasteiger partial charge on any atom is -0.425 e. The van der Waals surface area contributed by atoms with Crippen molar-refractivity contribution in [2.45, 2.75) is 12.8 Å². The van der Waals surface area contributed by atoms with Gasteiger partial charge < -0.3 is 9.52 Å². The van der Waals surface area contributed by atoms with Crippen molar-refractivity contribution in [3.8, 4) is 0 Å². The van der Waals surface area contributed by atoms with Gasteiger partial charge in [0.15, 0.2) is 0 Å². The van der Waals surface area contributed by atoms with Gasteiger partial charge in [-0.05, 0) is 17.7 Å². The van der Waals surface area contributed by atoms with Crippen molar-refractivity contribution in [3.63, 3.8) is 0 Å². The Hall–Kier alpha value is -1.75. The van der Waals surface area contributed by atoms with Gasteiger partial charge >= 0.3 is 0 Å². The van der Waals surface area contributed by atoms with Crippen LogP contribution in [0.4, 0.5) is 4.39 Å². The molecule has 0 bridgehead atoms. The first kappa shape index (κ1) is 10.8. The minimum atomic E-state index is -0.285. The highest BCUT2D eigenvalue weighted by Crippen LogP contribution is 2.10. The van der Waals surface area contributed by atoms with Crippen molar-refractivity contribution in [3.05, 3.63) is 47.4 Å². The third-order valence-corrected chi connectivity index (χ3v) is 2.08. The molecular formula is C11H11FN2O2. The molecule has 0 spiro atoms. The molecule has 2 rings (SSSR count). The molecular weight excluding hydrogens is 211 g/mol. The maximum Gasteiger partial charge on any atom is 0.220 e. The molecule has 16 heavy (non-hydrogen) atoms. The van der Waals surface area contributed by atoms with Crippen LogP contribution in [0.25, 0.3) is 0 Å². The summed E-state index contributed by atoms with van der Waals surface area (Å²) in [5, 5.41) is 16.2. The fraction of sp³-hybridized carbons (Fsp3) is 0.273. The van der Waals surface area contributed by atoms with Crippen LogP contribution < -0.4 is 0 Å². The minimum absolute atomic E-state index is 0.0262. The number of halogens is 1. The van der Waals surface area contributed by atoms with E-state index in [2.05, 4.69) is 10.2 Å². The summed E-state index contributed by atoms with van der Waals surface area (Å²) < 4.78 is 18.2. The fourth-order valence-electron chi connectivity index (χ4n) is 1.38. The van der Waals surface area contributed by atoms with Crippen LogP contribution >= 0.6 is 0 Å². The van der Waals surface area contributed by atoms with E-state index in [1.165, 1.54) is 12.1 Å². The quantitative estimate of drug-likeness (QED) is 0.847. The summed E-state index contributed by atoms with van der Waals surface area (Å²) in [6, 6.07) is 6.24. The predicted molar refractivity (Wildman–Crippen MR) is 54.3 cm³/mol. The summed E-state index contributed by atoms with van der Waals surface area (Å²) in [5.74, 6) is 0.538. The molecule has 2 aromatic rings. The zero-order valence-corrected chi connectivity index (χ0v) is 8.56. The Morgan fingerprint density at radius 1 is 1.25 bits per heavy atom. The van der Waals surface area contributed by atoms with Gasteiger partial charge in [0.05, 0.1) is 13.0 Å². The highest BCUT2D eigenvalue weighted by atomic mass is 19.1. The van der Waals surface area contributed by atoms with Crippen LogP contribution in [0.3, 0.4) is 0 Å². The van der Waals surface area contributed by atoms with E-state index in [0.29, 0.717) is 24.6 Å². The topological polar surface area (TPSA) is 59.2 Å². The Bertz CT molecular complexity index is 471. The monoisotopic (exact) mass is 222 g/mol. The number of aliphatic hydroxyl groups excluding tert-OH is 1. The SMILES string of the molecule is OCCc1nnc(Cc2cccc(F)c2)o1. The zero-order valence-electron chi connectivity index (χ0n) is 8.56. The van der Waals surface area contributed by atoms with Crippen LogP contribution in [0, 0.1) is 5.82 Å². The van der Waals surface area contributed by atoms with Gasteiger partial charge in [0, 0.05) is 6.42 Å². The van der Waals surface area contributed by atoms with Crippen molar-refractivity contribution < 1.29 is 13.9 Å². The molecule has 1 aromatic carbocycles. The Morgan fingerprint density at radius 3 is 2.81 bits per heavy atom. The van der Waals surface area contributed by atoms with E-state index in [4.69, 9.17) is 9.52 Å². The Morgan fingerprint density at radius 2 is 2.06 bits per heavy atom. The zero-order chi connectivity index (χ0) is 11.4. The second kappa shape index (κ2) is 4.85. The van der Waals surface area contributed by atoms with Gasteiger partial charge in [0.25, 0.3) is 0 Å². The van der Waals surface area contributed by atoms with Crippen LogP contribution in [0.1, 0.15) is 17.3 Å². The average Bonchev–Trinajstić information content (AvgIpc) is 2.66. The van der Waals surface area contributed by atoms with E-state index >= 15 is 0 Å². The van der Waals surface area contributed by atoms with Gasteiger partial charge in [-0.15, -0.1) is 10.2 Å². The standard InChI is InChI=1S/C11H11FN2O2/c12-9-3-1-2-8(6-9)7-11-14-13-10(16-11)4-5-15/h1-3,6,15H,4-5,7H2. The molecule has 1 N–H and O–H groups in total. The van der Waals surface area contributed by atoms with Gasteiger partial charge in [0.2, 0.25) is 11.8 Å². The van der Waals surface area contributed by atoms with E-state index in [1.807, 2.05) is 0 Å². The number of hydrogen-bond acceptors (Lipinski definition) is 4. The summed E-state index contributed by atoms with van der Waals surface area (Å²) in [7, 11) is 0. The van der Waals surface area contributed by atoms with E-state index in [9.17, 15) is 4.39 Å². The van der Waals surface area contributed by atoms with Crippen LogP contribution in [-0.4, -0.2) is 21.9 Å². The molecule has 0 radical (unpaired) electrons. The Balaban J connectivity index is 2.08. The van der Waals surface area contributed by atoms with E-state index < -0.39 is 0 Å². The second-order valence-corrected chi connectivity index (χ2v) is 3.37. The highest BCUT2D eigenvalue weighted by Gasteiger charge is 2.06. The van der Waals surface area contributed by atoms with Crippen LogP contribution in [0.15, 0.2) is 28.7 Å². The molecule has 0 amide bonds. The third kappa shape index (κ3) is 2.64. The maximum absolute atomic E-state index is 12.9. The first-order valence-corrected chi connectivity index (χ1v) is 4.94. The largest absolute Gasteiger partial charge is 0.425 e. The van der Waals surface area contributed by atoms with Crippen molar-refractivity contribution in [1.29, 1.82) is 0 Å². The highest BCUT2D eigenvalue weighted by molar-refractivity contribution is 5.19. The van der Waals surface area contributed by atoms with Crippen LogP contribution in [0.2, 0.25) is 0 Å². The molecule has 0 unspecified atom stereocenters. The second-order valence-electron chi connectivity index (χ2n) is 3.37. The van der Waals surface area contributed by atoms with Crippen molar-refractivity contribution in [2.75, 3.05) is 6.61 Å². The molecule has 0 aliphatic rings. The molecule has 0 atom stereocenters. The molecule has 1 aromatic heterocycles. The van der Waals surface area contributed by atoms with Gasteiger partial charge in [-0.2, -0.15) is 0 Å². The smallest absolute Gasteiger partial charge is 0.220 e.